The van der Waals surface area contributed by atoms with Gasteiger partial charge in [0.15, 0.2) is 5.82 Å². The molecule has 1 fully saturated rings. The predicted molar refractivity (Wildman–Crippen MR) is 85.9 cm³/mol. The number of benzene rings is 1. The summed E-state index contributed by atoms with van der Waals surface area (Å²) in [6, 6.07) is 7.56. The van der Waals surface area contributed by atoms with E-state index in [4.69, 9.17) is 10.3 Å². The Morgan fingerprint density at radius 2 is 2.05 bits per heavy atom. The summed E-state index contributed by atoms with van der Waals surface area (Å²) in [6.07, 6.45) is 0. The molecule has 0 bridgehead atoms. The molecule has 0 aliphatic carbocycles. The molecule has 2 heterocycles. The highest BCUT2D eigenvalue weighted by Crippen LogP contribution is 2.43. The van der Waals surface area contributed by atoms with Crippen molar-refractivity contribution < 1.29 is 4.52 Å². The Hall–Kier alpha value is -1.14. The van der Waals surface area contributed by atoms with Crippen LogP contribution >= 0.6 is 23.5 Å². The molecule has 0 spiro atoms. The van der Waals surface area contributed by atoms with E-state index in [-0.39, 0.29) is 0 Å². The first-order valence-electron chi connectivity index (χ1n) is 6.60. The van der Waals surface area contributed by atoms with Crippen molar-refractivity contribution in [2.45, 2.75) is 29.6 Å². The minimum absolute atomic E-state index is 0.300. The Morgan fingerprint density at radius 1 is 1.25 bits per heavy atom. The number of para-hydroxylation sites is 1. The highest BCUT2D eigenvalue weighted by Gasteiger charge is 2.30. The first kappa shape index (κ1) is 13.8. The predicted octanol–water partition coefficient (Wildman–Crippen LogP) is 3.62. The Morgan fingerprint density at radius 3 is 2.80 bits per heavy atom. The van der Waals surface area contributed by atoms with E-state index in [2.05, 4.69) is 24.0 Å². The van der Waals surface area contributed by atoms with Crippen LogP contribution in [0.4, 0.5) is 5.69 Å². The van der Waals surface area contributed by atoms with Crippen LogP contribution in [-0.2, 0) is 0 Å². The van der Waals surface area contributed by atoms with Gasteiger partial charge < -0.3 is 10.3 Å². The van der Waals surface area contributed by atoms with Crippen LogP contribution in [0, 0.1) is 0 Å². The quantitative estimate of drug-likeness (QED) is 0.855. The normalized spacial score (nSPS) is 26.6. The van der Waals surface area contributed by atoms with Gasteiger partial charge in [0, 0.05) is 21.9 Å². The lowest BCUT2D eigenvalue weighted by Gasteiger charge is -2.29. The van der Waals surface area contributed by atoms with Crippen LogP contribution in [0.25, 0.3) is 11.5 Å². The van der Waals surface area contributed by atoms with Gasteiger partial charge in [0.25, 0.3) is 5.89 Å². The van der Waals surface area contributed by atoms with Gasteiger partial charge in [-0.1, -0.05) is 31.1 Å². The van der Waals surface area contributed by atoms with Gasteiger partial charge in [-0.3, -0.25) is 0 Å². The minimum atomic E-state index is 0.300. The third-order valence-corrected chi connectivity index (χ3v) is 6.86. The van der Waals surface area contributed by atoms with Crippen molar-refractivity contribution in [3.8, 4) is 11.5 Å². The summed E-state index contributed by atoms with van der Waals surface area (Å²) in [5.74, 6) is 2.31. The second-order valence-corrected chi connectivity index (χ2v) is 7.91. The maximum Gasteiger partial charge on any atom is 0.260 e. The van der Waals surface area contributed by atoms with Crippen molar-refractivity contribution in [1.82, 2.24) is 10.1 Å². The molecule has 2 N–H and O–H groups in total. The molecular weight excluding hydrogens is 290 g/mol. The smallest absolute Gasteiger partial charge is 0.260 e. The van der Waals surface area contributed by atoms with Crippen molar-refractivity contribution in [3.63, 3.8) is 0 Å². The molecule has 106 valence electrons. The number of hydrogen-bond donors (Lipinski definition) is 1. The number of anilines is 1. The average Bonchev–Trinajstić information content (AvgIpc) is 2.92. The molecule has 1 aromatic carbocycles. The summed E-state index contributed by atoms with van der Waals surface area (Å²) < 4.78 is 5.38. The van der Waals surface area contributed by atoms with E-state index in [1.807, 2.05) is 47.8 Å². The molecule has 0 saturated carbocycles. The fourth-order valence-corrected chi connectivity index (χ4v) is 4.92. The summed E-state index contributed by atoms with van der Waals surface area (Å²) in [5, 5.41) is 5.71. The second kappa shape index (κ2) is 5.69. The van der Waals surface area contributed by atoms with Crippen LogP contribution in [-0.4, -0.2) is 26.4 Å². The third-order valence-electron chi connectivity index (χ3n) is 3.47. The van der Waals surface area contributed by atoms with Gasteiger partial charge in [0.2, 0.25) is 0 Å². The number of rotatable bonds is 2. The molecule has 3 unspecified atom stereocenters. The largest absolute Gasteiger partial charge is 0.398 e. The molecule has 6 heteroatoms. The fraction of sp³-hybridized carbons (Fsp3) is 0.429. The molecule has 20 heavy (non-hydrogen) atoms. The van der Waals surface area contributed by atoms with Gasteiger partial charge in [-0.2, -0.15) is 16.7 Å². The van der Waals surface area contributed by atoms with E-state index in [0.29, 0.717) is 27.3 Å². The molecule has 3 rings (SSSR count). The standard InChI is InChI=1S/C14H17N3OS2/c1-8-9(2)20-12(7-19-8)13-16-14(18-17-13)10-5-3-4-6-11(10)15/h3-6,8-9,12H,7,15H2,1-2H3. The second-order valence-electron chi connectivity index (χ2n) is 4.91. The molecule has 3 atom stereocenters. The van der Waals surface area contributed by atoms with Crippen molar-refractivity contribution >= 4 is 29.2 Å². The number of nitrogens with two attached hydrogens (primary N) is 1. The van der Waals surface area contributed by atoms with E-state index >= 15 is 0 Å². The highest BCUT2D eigenvalue weighted by molar-refractivity contribution is 8.07. The van der Waals surface area contributed by atoms with Gasteiger partial charge in [0.05, 0.1) is 10.8 Å². The fourth-order valence-electron chi connectivity index (χ4n) is 2.09. The van der Waals surface area contributed by atoms with E-state index in [1.54, 1.807) is 0 Å². The molecular formula is C14H17N3OS2. The molecule has 0 amide bonds. The lowest BCUT2D eigenvalue weighted by atomic mass is 10.2. The Labute approximate surface area is 126 Å². The lowest BCUT2D eigenvalue weighted by molar-refractivity contribution is 0.423. The Bertz CT molecular complexity index is 602. The van der Waals surface area contributed by atoms with Gasteiger partial charge in [-0.15, -0.1) is 11.8 Å². The van der Waals surface area contributed by atoms with Gasteiger partial charge in [-0.05, 0) is 12.1 Å². The van der Waals surface area contributed by atoms with Crippen molar-refractivity contribution in [2.75, 3.05) is 11.5 Å². The molecule has 1 aromatic heterocycles. The van der Waals surface area contributed by atoms with Crippen LogP contribution in [0.15, 0.2) is 28.8 Å². The Kier molecular flexibility index (Phi) is 3.94. The number of hydrogen-bond acceptors (Lipinski definition) is 6. The number of aromatic nitrogens is 2. The van der Waals surface area contributed by atoms with Crippen molar-refractivity contribution in [1.29, 1.82) is 0 Å². The monoisotopic (exact) mass is 307 g/mol. The highest BCUT2D eigenvalue weighted by atomic mass is 32.2. The maximum absolute atomic E-state index is 5.94. The summed E-state index contributed by atoms with van der Waals surface area (Å²) in [4.78, 5) is 4.53. The molecule has 1 aliphatic heterocycles. The SMILES string of the molecule is CC1SCC(c2noc(-c3ccccc3N)n2)SC1C. The topological polar surface area (TPSA) is 64.9 Å². The molecule has 1 saturated heterocycles. The van der Waals surface area contributed by atoms with Crippen molar-refractivity contribution in [2.24, 2.45) is 0 Å². The zero-order valence-electron chi connectivity index (χ0n) is 11.4. The van der Waals surface area contributed by atoms with Crippen LogP contribution in [0.3, 0.4) is 0 Å². The summed E-state index contributed by atoms with van der Waals surface area (Å²) in [7, 11) is 0. The molecule has 0 radical (unpaired) electrons. The lowest BCUT2D eigenvalue weighted by Crippen LogP contribution is -2.22. The summed E-state index contributed by atoms with van der Waals surface area (Å²) >= 11 is 3.89. The maximum atomic E-state index is 5.94. The first-order chi connectivity index (χ1) is 9.65. The van der Waals surface area contributed by atoms with Crippen LogP contribution in [0.5, 0.6) is 0 Å². The van der Waals surface area contributed by atoms with Crippen LogP contribution in [0.1, 0.15) is 24.9 Å². The van der Waals surface area contributed by atoms with E-state index in [9.17, 15) is 0 Å². The first-order valence-corrected chi connectivity index (χ1v) is 8.60. The molecule has 4 nitrogen and oxygen atoms in total. The number of thioether (sulfide) groups is 2. The number of nitrogen functional groups attached to an aromatic ring is 1. The summed E-state index contributed by atoms with van der Waals surface area (Å²) in [5.41, 5.74) is 7.41. The molecule has 1 aliphatic rings. The number of nitrogens with zero attached hydrogens (tertiary/aromatic N) is 2. The van der Waals surface area contributed by atoms with E-state index < -0.39 is 0 Å². The zero-order chi connectivity index (χ0) is 14.1. The minimum Gasteiger partial charge on any atom is -0.398 e. The van der Waals surface area contributed by atoms with Crippen molar-refractivity contribution in [3.05, 3.63) is 30.1 Å². The van der Waals surface area contributed by atoms with Gasteiger partial charge in [0.1, 0.15) is 0 Å². The summed E-state index contributed by atoms with van der Waals surface area (Å²) in [6.45, 7) is 4.52. The van der Waals surface area contributed by atoms with Gasteiger partial charge in [-0.25, -0.2) is 0 Å². The van der Waals surface area contributed by atoms with E-state index in [1.165, 1.54) is 0 Å². The van der Waals surface area contributed by atoms with Crippen LogP contribution in [0.2, 0.25) is 0 Å². The Balaban J connectivity index is 1.82. The average molecular weight is 307 g/mol. The molecule has 2 aromatic rings. The third kappa shape index (κ3) is 2.67. The zero-order valence-corrected chi connectivity index (χ0v) is 13.1. The van der Waals surface area contributed by atoms with Crippen LogP contribution < -0.4 is 5.73 Å². The van der Waals surface area contributed by atoms with Gasteiger partial charge >= 0.3 is 0 Å². The van der Waals surface area contributed by atoms with E-state index in [0.717, 1.165) is 17.1 Å².